The molecule has 0 spiro atoms. The number of aromatic nitrogens is 4. The van der Waals surface area contributed by atoms with Gasteiger partial charge in [-0.1, -0.05) is 55.0 Å². The largest absolute Gasteiger partial charge is 0.324 e. The van der Waals surface area contributed by atoms with E-state index in [1.54, 1.807) is 6.21 Å². The van der Waals surface area contributed by atoms with Gasteiger partial charge < -0.3 is 4.57 Å². The SMILES string of the molecule is CCCn1c2ccccc2c2nnc(N/N=C/c3ccc(C)cc3)nc21. The van der Waals surface area contributed by atoms with E-state index in [0.717, 1.165) is 40.6 Å². The highest BCUT2D eigenvalue weighted by Crippen LogP contribution is 2.26. The molecule has 4 aromatic rings. The van der Waals surface area contributed by atoms with Crippen LogP contribution in [0.3, 0.4) is 0 Å². The van der Waals surface area contributed by atoms with Crippen molar-refractivity contribution in [2.45, 2.75) is 26.8 Å². The number of para-hydroxylation sites is 1. The summed E-state index contributed by atoms with van der Waals surface area (Å²) in [5.41, 5.74) is 7.90. The molecule has 0 aliphatic heterocycles. The van der Waals surface area contributed by atoms with Crippen LogP contribution in [0.15, 0.2) is 53.6 Å². The third kappa shape index (κ3) is 3.01. The number of hydrogen-bond acceptors (Lipinski definition) is 5. The minimum Gasteiger partial charge on any atom is -0.324 e. The first-order chi connectivity index (χ1) is 12.8. The molecular weight excluding hydrogens is 324 g/mol. The fourth-order valence-electron chi connectivity index (χ4n) is 3.02. The zero-order valence-electron chi connectivity index (χ0n) is 14.8. The Balaban J connectivity index is 1.67. The first-order valence-corrected chi connectivity index (χ1v) is 8.73. The van der Waals surface area contributed by atoms with Crippen molar-refractivity contribution in [2.75, 3.05) is 5.43 Å². The topological polar surface area (TPSA) is 68.0 Å². The lowest BCUT2D eigenvalue weighted by Crippen LogP contribution is -2.03. The van der Waals surface area contributed by atoms with E-state index in [1.165, 1.54) is 5.56 Å². The highest BCUT2D eigenvalue weighted by Gasteiger charge is 2.13. The average Bonchev–Trinajstić information content (AvgIpc) is 2.97. The molecule has 6 nitrogen and oxygen atoms in total. The molecule has 0 radical (unpaired) electrons. The van der Waals surface area contributed by atoms with Crippen LogP contribution < -0.4 is 5.43 Å². The van der Waals surface area contributed by atoms with Gasteiger partial charge in [-0.3, -0.25) is 0 Å². The normalized spacial score (nSPS) is 11.6. The smallest absolute Gasteiger partial charge is 0.265 e. The van der Waals surface area contributed by atoms with Crippen molar-refractivity contribution in [1.29, 1.82) is 0 Å². The Hall–Kier alpha value is -3.28. The minimum atomic E-state index is 0.390. The number of rotatable bonds is 5. The van der Waals surface area contributed by atoms with Gasteiger partial charge in [-0.05, 0) is 25.0 Å². The van der Waals surface area contributed by atoms with E-state index >= 15 is 0 Å². The predicted octanol–water partition coefficient (Wildman–Crippen LogP) is 4.14. The number of hydrazone groups is 1. The molecule has 4 rings (SSSR count). The zero-order valence-corrected chi connectivity index (χ0v) is 14.8. The monoisotopic (exact) mass is 344 g/mol. The molecule has 6 heteroatoms. The third-order valence-corrected chi connectivity index (χ3v) is 4.28. The summed E-state index contributed by atoms with van der Waals surface area (Å²) in [5, 5.41) is 13.9. The summed E-state index contributed by atoms with van der Waals surface area (Å²) in [6.07, 6.45) is 2.76. The average molecular weight is 344 g/mol. The summed E-state index contributed by atoms with van der Waals surface area (Å²) in [5.74, 6) is 0.390. The summed E-state index contributed by atoms with van der Waals surface area (Å²) in [7, 11) is 0. The van der Waals surface area contributed by atoms with Crippen LogP contribution in [0.2, 0.25) is 0 Å². The van der Waals surface area contributed by atoms with Crippen LogP contribution in [0.4, 0.5) is 5.95 Å². The number of fused-ring (bicyclic) bond motifs is 3. The van der Waals surface area contributed by atoms with Gasteiger partial charge in [-0.25, -0.2) is 5.43 Å². The van der Waals surface area contributed by atoms with E-state index in [-0.39, 0.29) is 0 Å². The molecule has 26 heavy (non-hydrogen) atoms. The van der Waals surface area contributed by atoms with Crippen molar-refractivity contribution >= 4 is 34.2 Å². The zero-order chi connectivity index (χ0) is 17.9. The Morgan fingerprint density at radius 1 is 1.08 bits per heavy atom. The maximum Gasteiger partial charge on any atom is 0.265 e. The number of aryl methyl sites for hydroxylation is 2. The summed E-state index contributed by atoms with van der Waals surface area (Å²) in [4.78, 5) is 4.64. The molecule has 0 bridgehead atoms. The molecule has 0 aliphatic rings. The third-order valence-electron chi connectivity index (χ3n) is 4.28. The van der Waals surface area contributed by atoms with E-state index in [9.17, 15) is 0 Å². The van der Waals surface area contributed by atoms with E-state index in [1.807, 2.05) is 24.3 Å². The van der Waals surface area contributed by atoms with Crippen molar-refractivity contribution < 1.29 is 0 Å². The van der Waals surface area contributed by atoms with Crippen molar-refractivity contribution in [3.05, 3.63) is 59.7 Å². The fraction of sp³-hybridized carbons (Fsp3) is 0.200. The van der Waals surface area contributed by atoms with Gasteiger partial charge in [0.1, 0.15) is 5.52 Å². The highest BCUT2D eigenvalue weighted by atomic mass is 15.4. The molecule has 2 aromatic heterocycles. The molecule has 0 fully saturated rings. The second-order valence-electron chi connectivity index (χ2n) is 6.26. The van der Waals surface area contributed by atoms with Crippen LogP contribution in [-0.4, -0.2) is 26.0 Å². The van der Waals surface area contributed by atoms with E-state index in [4.69, 9.17) is 0 Å². The Labute approximate surface area is 151 Å². The van der Waals surface area contributed by atoms with Crippen LogP contribution in [0, 0.1) is 6.92 Å². The standard InChI is InChI=1S/C20H20N6/c1-3-12-26-17-7-5-4-6-16(17)18-19(26)22-20(25-23-18)24-21-13-15-10-8-14(2)9-11-15/h4-11,13H,3,12H2,1-2H3,(H,22,24,25)/b21-13+. The Kier molecular flexibility index (Phi) is 4.31. The van der Waals surface area contributed by atoms with E-state index in [2.05, 4.69) is 68.4 Å². The molecule has 0 saturated heterocycles. The molecule has 0 amide bonds. The lowest BCUT2D eigenvalue weighted by molar-refractivity contribution is 0.716. The van der Waals surface area contributed by atoms with Crippen LogP contribution >= 0.6 is 0 Å². The number of nitrogens with zero attached hydrogens (tertiary/aromatic N) is 5. The Bertz CT molecular complexity index is 1080. The summed E-state index contributed by atoms with van der Waals surface area (Å²) >= 11 is 0. The number of nitrogens with one attached hydrogen (secondary N) is 1. The van der Waals surface area contributed by atoms with Crippen molar-refractivity contribution in [2.24, 2.45) is 5.10 Å². The number of benzene rings is 2. The van der Waals surface area contributed by atoms with Crippen molar-refractivity contribution in [1.82, 2.24) is 19.7 Å². The quantitative estimate of drug-likeness (QED) is 0.436. The molecule has 2 aromatic carbocycles. The molecule has 2 heterocycles. The van der Waals surface area contributed by atoms with Gasteiger partial charge in [0.15, 0.2) is 5.65 Å². The Morgan fingerprint density at radius 3 is 2.69 bits per heavy atom. The van der Waals surface area contributed by atoms with Gasteiger partial charge in [-0.15, -0.1) is 10.2 Å². The van der Waals surface area contributed by atoms with Gasteiger partial charge in [0.25, 0.3) is 5.95 Å². The second-order valence-corrected chi connectivity index (χ2v) is 6.26. The van der Waals surface area contributed by atoms with Gasteiger partial charge in [-0.2, -0.15) is 10.1 Å². The Morgan fingerprint density at radius 2 is 1.88 bits per heavy atom. The first kappa shape index (κ1) is 16.2. The second kappa shape index (κ2) is 6.92. The maximum absolute atomic E-state index is 4.64. The van der Waals surface area contributed by atoms with Crippen LogP contribution in [0.5, 0.6) is 0 Å². The lowest BCUT2D eigenvalue weighted by atomic mass is 10.2. The number of anilines is 1. The molecule has 0 atom stereocenters. The molecule has 0 unspecified atom stereocenters. The first-order valence-electron chi connectivity index (χ1n) is 8.73. The van der Waals surface area contributed by atoms with Gasteiger partial charge in [0.05, 0.1) is 11.7 Å². The van der Waals surface area contributed by atoms with Gasteiger partial charge in [0, 0.05) is 11.9 Å². The summed E-state index contributed by atoms with van der Waals surface area (Å²) in [6.45, 7) is 5.10. The van der Waals surface area contributed by atoms with Crippen molar-refractivity contribution in [3.8, 4) is 0 Å². The lowest BCUT2D eigenvalue weighted by Gasteiger charge is -2.04. The molecule has 1 N–H and O–H groups in total. The highest BCUT2D eigenvalue weighted by molar-refractivity contribution is 6.04. The molecule has 0 saturated carbocycles. The molecule has 0 aliphatic carbocycles. The van der Waals surface area contributed by atoms with E-state index < -0.39 is 0 Å². The molecular formula is C20H20N6. The minimum absolute atomic E-state index is 0.390. The maximum atomic E-state index is 4.64. The van der Waals surface area contributed by atoms with Gasteiger partial charge >= 0.3 is 0 Å². The summed E-state index contributed by atoms with van der Waals surface area (Å²) in [6, 6.07) is 16.3. The predicted molar refractivity (Wildman–Crippen MR) is 106 cm³/mol. The molecule has 130 valence electrons. The van der Waals surface area contributed by atoms with Crippen LogP contribution in [-0.2, 0) is 6.54 Å². The van der Waals surface area contributed by atoms with Gasteiger partial charge in [0.2, 0.25) is 0 Å². The summed E-state index contributed by atoms with van der Waals surface area (Å²) < 4.78 is 2.19. The van der Waals surface area contributed by atoms with Crippen LogP contribution in [0.25, 0.3) is 22.1 Å². The van der Waals surface area contributed by atoms with E-state index in [0.29, 0.717) is 5.95 Å². The van der Waals surface area contributed by atoms with Crippen LogP contribution in [0.1, 0.15) is 24.5 Å². The number of hydrogen-bond donors (Lipinski definition) is 1. The van der Waals surface area contributed by atoms with Crippen molar-refractivity contribution in [3.63, 3.8) is 0 Å². The fourth-order valence-corrected chi connectivity index (χ4v) is 3.02.